The summed E-state index contributed by atoms with van der Waals surface area (Å²) in [5.41, 5.74) is 5.88. The molecule has 0 fully saturated rings. The molecule has 0 aliphatic carbocycles. The Labute approximate surface area is 86.9 Å². The second kappa shape index (κ2) is 4.16. The standard InChI is InChI=1S/C10H12FN3O/c11-7-1-2-9(8(12)5-7)15-6-10-13-3-4-14-10/h1-2,5H,3-4,6,12H2,(H,13,14). The monoisotopic (exact) mass is 209 g/mol. The highest BCUT2D eigenvalue weighted by molar-refractivity contribution is 5.85. The molecule has 0 aromatic heterocycles. The first kappa shape index (κ1) is 9.76. The van der Waals surface area contributed by atoms with Crippen molar-refractivity contribution >= 4 is 11.5 Å². The van der Waals surface area contributed by atoms with Crippen molar-refractivity contribution in [2.24, 2.45) is 4.99 Å². The number of anilines is 1. The number of ether oxygens (including phenoxy) is 1. The van der Waals surface area contributed by atoms with E-state index in [1.807, 2.05) is 0 Å². The normalized spacial score (nSPS) is 14.6. The summed E-state index contributed by atoms with van der Waals surface area (Å²) < 4.78 is 18.1. The zero-order chi connectivity index (χ0) is 10.7. The first-order valence-corrected chi connectivity index (χ1v) is 4.71. The van der Waals surface area contributed by atoms with E-state index in [9.17, 15) is 4.39 Å². The predicted molar refractivity (Wildman–Crippen MR) is 56.6 cm³/mol. The molecule has 0 radical (unpaired) electrons. The molecule has 3 N–H and O–H groups in total. The first-order valence-electron chi connectivity index (χ1n) is 4.71. The Morgan fingerprint density at radius 1 is 1.53 bits per heavy atom. The summed E-state index contributed by atoms with van der Waals surface area (Å²) in [6.45, 7) is 1.96. The van der Waals surface area contributed by atoms with Crippen molar-refractivity contribution in [1.29, 1.82) is 0 Å². The van der Waals surface area contributed by atoms with Crippen LogP contribution in [-0.4, -0.2) is 25.5 Å². The molecule has 0 saturated carbocycles. The Morgan fingerprint density at radius 3 is 3.07 bits per heavy atom. The molecule has 0 spiro atoms. The van der Waals surface area contributed by atoms with Crippen LogP contribution in [0.2, 0.25) is 0 Å². The van der Waals surface area contributed by atoms with Crippen LogP contribution >= 0.6 is 0 Å². The maximum Gasteiger partial charge on any atom is 0.145 e. The molecular weight excluding hydrogens is 197 g/mol. The number of hydrogen-bond donors (Lipinski definition) is 2. The van der Waals surface area contributed by atoms with E-state index >= 15 is 0 Å². The molecule has 4 nitrogen and oxygen atoms in total. The molecule has 0 unspecified atom stereocenters. The number of nitrogens with one attached hydrogen (secondary N) is 1. The van der Waals surface area contributed by atoms with Crippen molar-refractivity contribution in [3.8, 4) is 5.75 Å². The van der Waals surface area contributed by atoms with Gasteiger partial charge >= 0.3 is 0 Å². The Kier molecular flexibility index (Phi) is 2.71. The summed E-state index contributed by atoms with van der Waals surface area (Å²) >= 11 is 0. The van der Waals surface area contributed by atoms with Gasteiger partial charge in [0, 0.05) is 12.6 Å². The summed E-state index contributed by atoms with van der Waals surface area (Å²) in [5.74, 6) is 0.919. The van der Waals surface area contributed by atoms with Crippen molar-refractivity contribution in [3.63, 3.8) is 0 Å². The lowest BCUT2D eigenvalue weighted by Gasteiger charge is -2.08. The van der Waals surface area contributed by atoms with Crippen LogP contribution in [0.4, 0.5) is 10.1 Å². The molecule has 1 aromatic rings. The van der Waals surface area contributed by atoms with E-state index in [0.29, 0.717) is 18.0 Å². The van der Waals surface area contributed by atoms with E-state index in [1.54, 1.807) is 0 Å². The molecule has 0 amide bonds. The summed E-state index contributed by atoms with van der Waals surface area (Å²) in [6.07, 6.45) is 0. The lowest BCUT2D eigenvalue weighted by Crippen LogP contribution is -2.25. The molecule has 2 rings (SSSR count). The molecule has 1 aromatic carbocycles. The fraction of sp³-hybridized carbons (Fsp3) is 0.300. The SMILES string of the molecule is Nc1cc(F)ccc1OCC1=NCCN1. The highest BCUT2D eigenvalue weighted by Gasteiger charge is 2.07. The van der Waals surface area contributed by atoms with Gasteiger partial charge in [0.1, 0.15) is 24.0 Å². The summed E-state index contributed by atoms with van der Waals surface area (Å²) in [4.78, 5) is 4.16. The van der Waals surface area contributed by atoms with Gasteiger partial charge in [-0.05, 0) is 12.1 Å². The van der Waals surface area contributed by atoms with E-state index in [0.717, 1.165) is 18.9 Å². The number of aliphatic imine (C=N–C) groups is 1. The lowest BCUT2D eigenvalue weighted by molar-refractivity contribution is 0.375. The Morgan fingerprint density at radius 2 is 2.40 bits per heavy atom. The van der Waals surface area contributed by atoms with E-state index in [2.05, 4.69) is 10.3 Å². The highest BCUT2D eigenvalue weighted by atomic mass is 19.1. The third-order valence-corrected chi connectivity index (χ3v) is 2.08. The second-order valence-corrected chi connectivity index (χ2v) is 3.23. The van der Waals surface area contributed by atoms with Crippen molar-refractivity contribution < 1.29 is 9.13 Å². The van der Waals surface area contributed by atoms with E-state index in [1.165, 1.54) is 18.2 Å². The molecule has 15 heavy (non-hydrogen) atoms. The molecular formula is C10H12FN3O. The molecule has 0 saturated heterocycles. The van der Waals surface area contributed by atoms with Crippen molar-refractivity contribution in [2.45, 2.75) is 0 Å². The summed E-state index contributed by atoms with van der Waals surface area (Å²) in [7, 11) is 0. The second-order valence-electron chi connectivity index (χ2n) is 3.23. The number of benzene rings is 1. The third-order valence-electron chi connectivity index (χ3n) is 2.08. The van der Waals surface area contributed by atoms with Crippen LogP contribution in [0.3, 0.4) is 0 Å². The van der Waals surface area contributed by atoms with Gasteiger partial charge in [0.15, 0.2) is 0 Å². The zero-order valence-electron chi connectivity index (χ0n) is 8.16. The van der Waals surface area contributed by atoms with Crippen LogP contribution in [0.1, 0.15) is 0 Å². The van der Waals surface area contributed by atoms with Gasteiger partial charge in [0.25, 0.3) is 0 Å². The van der Waals surface area contributed by atoms with Gasteiger partial charge in [-0.1, -0.05) is 0 Å². The average Bonchev–Trinajstić information content (AvgIpc) is 2.69. The lowest BCUT2D eigenvalue weighted by atomic mass is 10.3. The number of nitrogens with zero attached hydrogens (tertiary/aromatic N) is 1. The molecule has 1 aliphatic heterocycles. The van der Waals surface area contributed by atoms with Crippen LogP contribution in [0.25, 0.3) is 0 Å². The number of nitrogen functional groups attached to an aromatic ring is 1. The Bertz CT molecular complexity index is 392. The van der Waals surface area contributed by atoms with Crippen LogP contribution in [0, 0.1) is 5.82 Å². The van der Waals surface area contributed by atoms with Gasteiger partial charge in [-0.25, -0.2) is 4.39 Å². The minimum atomic E-state index is -0.365. The van der Waals surface area contributed by atoms with Gasteiger partial charge in [-0.3, -0.25) is 4.99 Å². The van der Waals surface area contributed by atoms with Gasteiger partial charge in [-0.2, -0.15) is 0 Å². The van der Waals surface area contributed by atoms with Crippen LogP contribution in [-0.2, 0) is 0 Å². The topological polar surface area (TPSA) is 59.6 Å². The smallest absolute Gasteiger partial charge is 0.145 e. The number of hydrogen-bond acceptors (Lipinski definition) is 4. The van der Waals surface area contributed by atoms with E-state index in [4.69, 9.17) is 10.5 Å². The van der Waals surface area contributed by atoms with Gasteiger partial charge in [-0.15, -0.1) is 0 Å². The number of amidine groups is 1. The number of halogens is 1. The number of rotatable bonds is 3. The van der Waals surface area contributed by atoms with Crippen molar-refractivity contribution in [1.82, 2.24) is 5.32 Å². The molecule has 0 bridgehead atoms. The molecule has 1 heterocycles. The van der Waals surface area contributed by atoms with Crippen molar-refractivity contribution in [2.75, 3.05) is 25.4 Å². The molecule has 0 atom stereocenters. The van der Waals surface area contributed by atoms with Gasteiger partial charge in [0.2, 0.25) is 0 Å². The molecule has 80 valence electrons. The Balaban J connectivity index is 1.98. The fourth-order valence-corrected chi connectivity index (χ4v) is 1.34. The Hall–Kier alpha value is -1.78. The first-order chi connectivity index (χ1) is 7.25. The average molecular weight is 209 g/mol. The number of nitrogens with two attached hydrogens (primary N) is 1. The fourth-order valence-electron chi connectivity index (χ4n) is 1.34. The minimum Gasteiger partial charge on any atom is -0.484 e. The maximum absolute atomic E-state index is 12.7. The molecule has 1 aliphatic rings. The zero-order valence-corrected chi connectivity index (χ0v) is 8.16. The van der Waals surface area contributed by atoms with Gasteiger partial charge < -0.3 is 15.8 Å². The van der Waals surface area contributed by atoms with Crippen molar-refractivity contribution in [3.05, 3.63) is 24.0 Å². The van der Waals surface area contributed by atoms with E-state index < -0.39 is 0 Å². The third kappa shape index (κ3) is 2.37. The van der Waals surface area contributed by atoms with Gasteiger partial charge in [0.05, 0.1) is 12.2 Å². The highest BCUT2D eigenvalue weighted by Crippen LogP contribution is 2.21. The largest absolute Gasteiger partial charge is 0.484 e. The van der Waals surface area contributed by atoms with E-state index in [-0.39, 0.29) is 5.82 Å². The van der Waals surface area contributed by atoms with Crippen LogP contribution in [0.5, 0.6) is 5.75 Å². The minimum absolute atomic E-state index is 0.300. The molecule has 5 heteroatoms. The summed E-state index contributed by atoms with van der Waals surface area (Å²) in [5, 5.41) is 3.07. The van der Waals surface area contributed by atoms with Crippen LogP contribution in [0.15, 0.2) is 23.2 Å². The summed E-state index contributed by atoms with van der Waals surface area (Å²) in [6, 6.07) is 4.06. The van der Waals surface area contributed by atoms with Crippen LogP contribution < -0.4 is 15.8 Å². The quantitative estimate of drug-likeness (QED) is 0.723. The maximum atomic E-state index is 12.7. The predicted octanol–water partition coefficient (Wildman–Crippen LogP) is 0.788.